The first-order chi connectivity index (χ1) is 8.43. The summed E-state index contributed by atoms with van der Waals surface area (Å²) in [5.74, 6) is 0. The van der Waals surface area contributed by atoms with Gasteiger partial charge in [0.25, 0.3) is 0 Å². The van der Waals surface area contributed by atoms with E-state index in [-0.39, 0.29) is 0 Å². The van der Waals surface area contributed by atoms with Crippen LogP contribution >= 0.6 is 27.3 Å². The van der Waals surface area contributed by atoms with Gasteiger partial charge in [-0.15, -0.1) is 11.3 Å². The van der Waals surface area contributed by atoms with Crippen LogP contribution in [0.4, 0.5) is 13.2 Å². The lowest BCUT2D eigenvalue weighted by atomic mass is 10.1. The Morgan fingerprint density at radius 1 is 1.28 bits per heavy atom. The highest BCUT2D eigenvalue weighted by Crippen LogP contribution is 2.36. The summed E-state index contributed by atoms with van der Waals surface area (Å²) in [7, 11) is 0. The lowest BCUT2D eigenvalue weighted by molar-refractivity contribution is -0.137. The molecule has 0 bridgehead atoms. The lowest BCUT2D eigenvalue weighted by Gasteiger charge is -2.05. The topological polar surface area (TPSA) is 0 Å². The van der Waals surface area contributed by atoms with Crippen molar-refractivity contribution in [1.29, 1.82) is 0 Å². The average molecular weight is 337 g/mol. The molecule has 0 aliphatic rings. The summed E-state index contributed by atoms with van der Waals surface area (Å²) in [6, 6.07) is 4.00. The van der Waals surface area contributed by atoms with Gasteiger partial charge in [-0.1, -0.05) is 22.0 Å². The third kappa shape index (κ3) is 2.72. The maximum Gasteiger partial charge on any atom is 0.416 e. The normalized spacial score (nSPS) is 12.3. The molecule has 0 amide bonds. The Morgan fingerprint density at radius 3 is 2.61 bits per heavy atom. The number of halogens is 4. The van der Waals surface area contributed by atoms with Gasteiger partial charge in [0.2, 0.25) is 0 Å². The van der Waals surface area contributed by atoms with Crippen molar-refractivity contribution < 1.29 is 13.2 Å². The average Bonchev–Trinajstić information content (AvgIpc) is 2.62. The standard InChI is InChI=1S/C13H12BrF3S/c1-8-10-5-4-9(13(15,16)17)7-12(10)18-11(8)3-2-6-14/h4-5,7H,2-3,6H2,1H3. The van der Waals surface area contributed by atoms with Gasteiger partial charge >= 0.3 is 6.18 Å². The van der Waals surface area contributed by atoms with E-state index in [0.717, 1.165) is 39.9 Å². The predicted octanol–water partition coefficient (Wildman–Crippen LogP) is 5.56. The van der Waals surface area contributed by atoms with Crippen molar-refractivity contribution in [3.05, 3.63) is 34.2 Å². The van der Waals surface area contributed by atoms with E-state index in [0.29, 0.717) is 0 Å². The first kappa shape index (κ1) is 13.9. The van der Waals surface area contributed by atoms with Crippen LogP contribution in [0.2, 0.25) is 0 Å². The van der Waals surface area contributed by atoms with Gasteiger partial charge < -0.3 is 0 Å². The molecule has 0 aliphatic carbocycles. The van der Waals surface area contributed by atoms with Gasteiger partial charge in [0.1, 0.15) is 0 Å². The predicted molar refractivity (Wildman–Crippen MR) is 73.7 cm³/mol. The van der Waals surface area contributed by atoms with Crippen molar-refractivity contribution in [2.24, 2.45) is 0 Å². The summed E-state index contributed by atoms with van der Waals surface area (Å²) in [5.41, 5.74) is 0.549. The Labute approximate surface area is 116 Å². The molecule has 1 aromatic heterocycles. The zero-order valence-electron chi connectivity index (χ0n) is 9.77. The van der Waals surface area contributed by atoms with Crippen LogP contribution in [0.1, 0.15) is 22.4 Å². The fraction of sp³-hybridized carbons (Fsp3) is 0.385. The maximum atomic E-state index is 12.6. The highest BCUT2D eigenvalue weighted by Gasteiger charge is 2.30. The number of hydrogen-bond acceptors (Lipinski definition) is 1. The zero-order valence-corrected chi connectivity index (χ0v) is 12.2. The summed E-state index contributed by atoms with van der Waals surface area (Å²) in [6.07, 6.45) is -2.35. The molecule has 18 heavy (non-hydrogen) atoms. The molecule has 0 saturated heterocycles. The van der Waals surface area contributed by atoms with Gasteiger partial charge in [0.05, 0.1) is 5.56 Å². The van der Waals surface area contributed by atoms with Gasteiger partial charge in [0, 0.05) is 14.9 Å². The summed E-state index contributed by atoms with van der Waals surface area (Å²) in [5, 5.41) is 1.85. The largest absolute Gasteiger partial charge is 0.416 e. The van der Waals surface area contributed by atoms with E-state index in [4.69, 9.17) is 0 Å². The van der Waals surface area contributed by atoms with Crippen molar-refractivity contribution in [1.82, 2.24) is 0 Å². The molecule has 0 N–H and O–H groups in total. The summed E-state index contributed by atoms with van der Waals surface area (Å²) < 4.78 is 38.6. The van der Waals surface area contributed by atoms with Crippen LogP contribution in [0.3, 0.4) is 0 Å². The number of aryl methyl sites for hydroxylation is 2. The molecule has 2 aromatic rings. The number of benzene rings is 1. The second-order valence-corrected chi connectivity index (χ2v) is 6.08. The molecule has 98 valence electrons. The van der Waals surface area contributed by atoms with Gasteiger partial charge in [0.15, 0.2) is 0 Å². The van der Waals surface area contributed by atoms with E-state index < -0.39 is 11.7 Å². The molecule has 0 saturated carbocycles. The molecule has 0 aliphatic heterocycles. The van der Waals surface area contributed by atoms with Crippen LogP contribution in [0.5, 0.6) is 0 Å². The Hall–Kier alpha value is -0.550. The second-order valence-electron chi connectivity index (χ2n) is 4.15. The summed E-state index contributed by atoms with van der Waals surface area (Å²) in [4.78, 5) is 1.18. The molecule has 0 radical (unpaired) electrons. The van der Waals surface area contributed by atoms with E-state index in [9.17, 15) is 13.2 Å². The maximum absolute atomic E-state index is 12.6. The number of alkyl halides is 4. The minimum atomic E-state index is -4.26. The third-order valence-corrected chi connectivity index (χ3v) is 4.78. The van der Waals surface area contributed by atoms with Crippen LogP contribution in [0, 0.1) is 6.92 Å². The first-order valence-corrected chi connectivity index (χ1v) is 7.52. The molecular formula is C13H12BrF3S. The summed E-state index contributed by atoms with van der Waals surface area (Å²) in [6.45, 7) is 1.98. The van der Waals surface area contributed by atoms with Crippen molar-refractivity contribution >= 4 is 37.4 Å². The highest BCUT2D eigenvalue weighted by atomic mass is 79.9. The van der Waals surface area contributed by atoms with Crippen molar-refractivity contribution in [3.63, 3.8) is 0 Å². The van der Waals surface area contributed by atoms with E-state index in [2.05, 4.69) is 15.9 Å². The monoisotopic (exact) mass is 336 g/mol. The Balaban J connectivity index is 2.45. The van der Waals surface area contributed by atoms with Crippen LogP contribution in [-0.4, -0.2) is 5.33 Å². The molecule has 0 unspecified atom stereocenters. The Morgan fingerprint density at radius 2 is 2.00 bits per heavy atom. The molecule has 0 nitrogen and oxygen atoms in total. The van der Waals surface area contributed by atoms with Crippen molar-refractivity contribution in [3.8, 4) is 0 Å². The Bertz CT molecular complexity index is 557. The smallest absolute Gasteiger partial charge is 0.166 e. The van der Waals surface area contributed by atoms with Crippen LogP contribution in [-0.2, 0) is 12.6 Å². The van der Waals surface area contributed by atoms with E-state index in [1.165, 1.54) is 22.3 Å². The highest BCUT2D eigenvalue weighted by molar-refractivity contribution is 9.09. The number of hydrogen-bond donors (Lipinski definition) is 0. The summed E-state index contributed by atoms with van der Waals surface area (Å²) >= 11 is 4.84. The minimum Gasteiger partial charge on any atom is -0.166 e. The zero-order chi connectivity index (χ0) is 13.3. The molecule has 0 fully saturated rings. The molecular weight excluding hydrogens is 325 g/mol. The quantitative estimate of drug-likeness (QED) is 0.644. The molecule has 0 spiro atoms. The molecule has 1 heterocycles. The molecule has 1 aromatic carbocycles. The first-order valence-electron chi connectivity index (χ1n) is 5.58. The van der Waals surface area contributed by atoms with Gasteiger partial charge in [-0.25, -0.2) is 0 Å². The van der Waals surface area contributed by atoms with Crippen LogP contribution < -0.4 is 0 Å². The van der Waals surface area contributed by atoms with E-state index in [1.54, 1.807) is 6.07 Å². The minimum absolute atomic E-state index is 0.566. The van der Waals surface area contributed by atoms with Crippen LogP contribution in [0.15, 0.2) is 18.2 Å². The van der Waals surface area contributed by atoms with Crippen LogP contribution in [0.25, 0.3) is 10.1 Å². The SMILES string of the molecule is Cc1c(CCCBr)sc2cc(C(F)(F)F)ccc12. The number of rotatable bonds is 3. The van der Waals surface area contributed by atoms with Crippen molar-refractivity contribution in [2.45, 2.75) is 25.9 Å². The van der Waals surface area contributed by atoms with E-state index in [1.807, 2.05) is 6.92 Å². The van der Waals surface area contributed by atoms with Crippen molar-refractivity contribution in [2.75, 3.05) is 5.33 Å². The Kier molecular flexibility index (Phi) is 4.02. The van der Waals surface area contributed by atoms with Gasteiger partial charge in [-0.2, -0.15) is 13.2 Å². The fourth-order valence-electron chi connectivity index (χ4n) is 1.92. The second kappa shape index (κ2) is 5.21. The molecule has 2 rings (SSSR count). The lowest BCUT2D eigenvalue weighted by Crippen LogP contribution is -2.03. The van der Waals surface area contributed by atoms with Gasteiger partial charge in [-0.3, -0.25) is 0 Å². The molecule has 0 atom stereocenters. The third-order valence-electron chi connectivity index (χ3n) is 2.90. The van der Waals surface area contributed by atoms with E-state index >= 15 is 0 Å². The fourth-order valence-corrected chi connectivity index (χ4v) is 3.49. The van der Waals surface area contributed by atoms with Gasteiger partial charge in [-0.05, 0) is 42.8 Å². The molecule has 5 heteroatoms. The number of thiophene rings is 1. The number of fused-ring (bicyclic) bond motifs is 1.